The second-order valence-electron chi connectivity index (χ2n) is 3.86. The standard InChI is InChI=1S/C8H13ClF3NO2S/c9-3-4-13(6-8(10,11)12)16(14,15)5-7-1-2-7/h7H,1-6H2. The molecule has 3 nitrogen and oxygen atoms in total. The van der Waals surface area contributed by atoms with E-state index in [0.29, 0.717) is 4.31 Å². The third kappa shape index (κ3) is 4.88. The molecule has 16 heavy (non-hydrogen) atoms. The van der Waals surface area contributed by atoms with Gasteiger partial charge in [-0.2, -0.15) is 17.5 Å². The Labute approximate surface area is 97.6 Å². The summed E-state index contributed by atoms with van der Waals surface area (Å²) in [7, 11) is -3.83. The third-order valence-electron chi connectivity index (χ3n) is 2.23. The lowest BCUT2D eigenvalue weighted by Gasteiger charge is -2.22. The minimum Gasteiger partial charge on any atom is -0.212 e. The Hall–Kier alpha value is -0.0100. The smallest absolute Gasteiger partial charge is 0.212 e. The molecule has 0 amide bonds. The molecule has 0 atom stereocenters. The largest absolute Gasteiger partial charge is 0.402 e. The molecule has 0 aromatic rings. The lowest BCUT2D eigenvalue weighted by Crippen LogP contribution is -2.41. The van der Waals surface area contributed by atoms with E-state index in [2.05, 4.69) is 0 Å². The zero-order chi connectivity index (χ0) is 12.4. The van der Waals surface area contributed by atoms with Crippen LogP contribution in [0.3, 0.4) is 0 Å². The van der Waals surface area contributed by atoms with Gasteiger partial charge < -0.3 is 0 Å². The Kier molecular flexibility index (Phi) is 4.48. The first kappa shape index (κ1) is 14.1. The van der Waals surface area contributed by atoms with Crippen LogP contribution in [0.5, 0.6) is 0 Å². The van der Waals surface area contributed by atoms with Crippen LogP contribution in [0.2, 0.25) is 0 Å². The fourth-order valence-electron chi connectivity index (χ4n) is 1.30. The number of hydrogen-bond donors (Lipinski definition) is 0. The van der Waals surface area contributed by atoms with Gasteiger partial charge in [0.2, 0.25) is 10.0 Å². The molecule has 8 heteroatoms. The average Bonchev–Trinajstić information content (AvgIpc) is 2.84. The molecule has 0 unspecified atom stereocenters. The first-order valence-corrected chi connectivity index (χ1v) is 6.99. The van der Waals surface area contributed by atoms with Crippen molar-refractivity contribution in [2.24, 2.45) is 5.92 Å². The van der Waals surface area contributed by atoms with E-state index in [-0.39, 0.29) is 24.1 Å². The average molecular weight is 280 g/mol. The maximum absolute atomic E-state index is 12.2. The summed E-state index contributed by atoms with van der Waals surface area (Å²) in [5, 5.41) is 0. The van der Waals surface area contributed by atoms with Gasteiger partial charge in [-0.05, 0) is 18.8 Å². The Balaban J connectivity index is 2.66. The van der Waals surface area contributed by atoms with E-state index in [1.165, 1.54) is 0 Å². The summed E-state index contributed by atoms with van der Waals surface area (Å²) in [6.45, 7) is -1.75. The van der Waals surface area contributed by atoms with Crippen molar-refractivity contribution in [1.82, 2.24) is 4.31 Å². The van der Waals surface area contributed by atoms with Crippen molar-refractivity contribution < 1.29 is 21.6 Å². The minimum atomic E-state index is -4.53. The third-order valence-corrected chi connectivity index (χ3v) is 4.39. The van der Waals surface area contributed by atoms with Gasteiger partial charge in [0, 0.05) is 12.4 Å². The summed E-state index contributed by atoms with van der Waals surface area (Å²) >= 11 is 5.31. The Morgan fingerprint density at radius 2 is 1.88 bits per heavy atom. The summed E-state index contributed by atoms with van der Waals surface area (Å²) in [5.41, 5.74) is 0. The Morgan fingerprint density at radius 3 is 2.25 bits per heavy atom. The molecule has 1 fully saturated rings. The molecule has 0 aromatic carbocycles. The summed E-state index contributed by atoms with van der Waals surface area (Å²) in [6, 6.07) is 0. The quantitative estimate of drug-likeness (QED) is 0.696. The van der Waals surface area contributed by atoms with Crippen LogP contribution in [0.4, 0.5) is 13.2 Å². The summed E-state index contributed by atoms with van der Waals surface area (Å²) < 4.78 is 60.2. The number of hydrogen-bond acceptors (Lipinski definition) is 2. The van der Waals surface area contributed by atoms with Crippen molar-refractivity contribution in [3.63, 3.8) is 0 Å². The van der Waals surface area contributed by atoms with Gasteiger partial charge in [-0.25, -0.2) is 8.42 Å². The molecule has 0 saturated heterocycles. The number of nitrogens with zero attached hydrogens (tertiary/aromatic N) is 1. The monoisotopic (exact) mass is 279 g/mol. The van der Waals surface area contributed by atoms with Crippen LogP contribution in [0.25, 0.3) is 0 Å². The van der Waals surface area contributed by atoms with E-state index in [4.69, 9.17) is 11.6 Å². The first-order valence-electron chi connectivity index (χ1n) is 4.85. The maximum Gasteiger partial charge on any atom is 0.402 e. The van der Waals surface area contributed by atoms with Crippen LogP contribution in [0, 0.1) is 5.92 Å². The molecular formula is C8H13ClF3NO2S. The number of rotatable bonds is 6. The van der Waals surface area contributed by atoms with E-state index in [9.17, 15) is 21.6 Å². The molecule has 1 aliphatic carbocycles. The highest BCUT2D eigenvalue weighted by atomic mass is 35.5. The van der Waals surface area contributed by atoms with Crippen molar-refractivity contribution in [3.8, 4) is 0 Å². The van der Waals surface area contributed by atoms with Gasteiger partial charge >= 0.3 is 6.18 Å². The van der Waals surface area contributed by atoms with E-state index in [1.54, 1.807) is 0 Å². The summed E-state index contributed by atoms with van der Waals surface area (Å²) in [6.07, 6.45) is -2.97. The zero-order valence-corrected chi connectivity index (χ0v) is 10.1. The second-order valence-corrected chi connectivity index (χ2v) is 6.25. The highest BCUT2D eigenvalue weighted by Crippen LogP contribution is 2.31. The van der Waals surface area contributed by atoms with Crippen LogP contribution in [-0.4, -0.2) is 43.6 Å². The molecule has 1 saturated carbocycles. The van der Waals surface area contributed by atoms with Gasteiger partial charge in [0.15, 0.2) is 0 Å². The van der Waals surface area contributed by atoms with E-state index < -0.39 is 22.7 Å². The molecule has 0 radical (unpaired) electrons. The van der Waals surface area contributed by atoms with Crippen LogP contribution < -0.4 is 0 Å². The van der Waals surface area contributed by atoms with E-state index in [0.717, 1.165) is 12.8 Å². The highest BCUT2D eigenvalue weighted by molar-refractivity contribution is 7.89. The number of halogens is 4. The molecule has 1 rings (SSSR count). The topological polar surface area (TPSA) is 37.4 Å². The van der Waals surface area contributed by atoms with Crippen LogP contribution in [0.1, 0.15) is 12.8 Å². The summed E-state index contributed by atoms with van der Waals surface area (Å²) in [5.74, 6) is -0.309. The Morgan fingerprint density at radius 1 is 1.31 bits per heavy atom. The Bertz CT molecular complexity index is 327. The maximum atomic E-state index is 12.2. The van der Waals surface area contributed by atoms with Crippen LogP contribution >= 0.6 is 11.6 Å². The molecular weight excluding hydrogens is 267 g/mol. The van der Waals surface area contributed by atoms with Gasteiger partial charge in [-0.15, -0.1) is 11.6 Å². The SMILES string of the molecule is O=S(=O)(CC1CC1)N(CCCl)CC(F)(F)F. The lowest BCUT2D eigenvalue weighted by molar-refractivity contribution is -0.135. The number of sulfonamides is 1. The predicted octanol–water partition coefficient (Wildman–Crippen LogP) is 1.83. The van der Waals surface area contributed by atoms with E-state index in [1.807, 2.05) is 0 Å². The van der Waals surface area contributed by atoms with Gasteiger partial charge in [0.1, 0.15) is 6.54 Å². The van der Waals surface area contributed by atoms with Crippen molar-refractivity contribution >= 4 is 21.6 Å². The van der Waals surface area contributed by atoms with Crippen molar-refractivity contribution in [2.45, 2.75) is 19.0 Å². The first-order chi connectivity index (χ1) is 7.24. The molecule has 0 spiro atoms. The van der Waals surface area contributed by atoms with Gasteiger partial charge in [-0.3, -0.25) is 0 Å². The molecule has 0 aliphatic heterocycles. The van der Waals surface area contributed by atoms with Crippen molar-refractivity contribution in [3.05, 3.63) is 0 Å². The van der Waals surface area contributed by atoms with Crippen molar-refractivity contribution in [2.75, 3.05) is 24.7 Å². The van der Waals surface area contributed by atoms with E-state index >= 15 is 0 Å². The molecule has 1 aliphatic rings. The lowest BCUT2D eigenvalue weighted by atomic mass is 10.5. The molecule has 96 valence electrons. The van der Waals surface area contributed by atoms with Gasteiger partial charge in [0.05, 0.1) is 5.75 Å². The van der Waals surface area contributed by atoms with Gasteiger partial charge in [0.25, 0.3) is 0 Å². The molecule has 0 N–H and O–H groups in total. The second kappa shape index (κ2) is 5.10. The molecule has 0 heterocycles. The zero-order valence-electron chi connectivity index (χ0n) is 8.50. The molecule has 0 aromatic heterocycles. The highest BCUT2D eigenvalue weighted by Gasteiger charge is 2.38. The normalized spacial score (nSPS) is 18.1. The fraction of sp³-hybridized carbons (Fsp3) is 1.00. The number of alkyl halides is 4. The summed E-state index contributed by atoms with van der Waals surface area (Å²) in [4.78, 5) is 0. The fourth-order valence-corrected chi connectivity index (χ4v) is 3.46. The van der Waals surface area contributed by atoms with Crippen LogP contribution in [-0.2, 0) is 10.0 Å². The van der Waals surface area contributed by atoms with Gasteiger partial charge in [-0.1, -0.05) is 0 Å². The van der Waals surface area contributed by atoms with Crippen LogP contribution in [0.15, 0.2) is 0 Å². The minimum absolute atomic E-state index is 0.0241. The van der Waals surface area contributed by atoms with Crippen molar-refractivity contribution in [1.29, 1.82) is 0 Å². The predicted molar refractivity (Wildman–Crippen MR) is 54.9 cm³/mol. The molecule has 0 bridgehead atoms.